The van der Waals surface area contributed by atoms with Crippen molar-refractivity contribution in [3.63, 3.8) is 0 Å². The zero-order chi connectivity index (χ0) is 20.3. The Morgan fingerprint density at radius 1 is 1.11 bits per heavy atom. The van der Waals surface area contributed by atoms with Gasteiger partial charge in [-0.25, -0.2) is 4.79 Å². The minimum absolute atomic E-state index is 0.0533. The molecule has 5 nitrogen and oxygen atoms in total. The van der Waals surface area contributed by atoms with Crippen LogP contribution in [0.2, 0.25) is 5.02 Å². The fourth-order valence-corrected chi connectivity index (χ4v) is 3.59. The lowest BCUT2D eigenvalue weighted by Crippen LogP contribution is -2.46. The normalized spacial score (nSPS) is 13.7. The lowest BCUT2D eigenvalue weighted by Gasteiger charge is -2.32. The number of ether oxygens (including phenoxy) is 2. The van der Waals surface area contributed by atoms with Crippen LogP contribution in [0.25, 0.3) is 0 Å². The maximum Gasteiger partial charge on any atom is 0.317 e. The first-order valence-corrected chi connectivity index (χ1v) is 9.74. The fourth-order valence-electron chi connectivity index (χ4n) is 3.47. The first-order chi connectivity index (χ1) is 13.3. The van der Waals surface area contributed by atoms with Gasteiger partial charge in [0, 0.05) is 30.1 Å². The lowest BCUT2D eigenvalue weighted by atomic mass is 9.84. The fraction of sp³-hybridized carbons (Fsp3) is 0.409. The van der Waals surface area contributed by atoms with Crippen LogP contribution in [0.3, 0.4) is 0 Å². The number of urea groups is 1. The molecule has 0 radical (unpaired) electrons. The second-order valence-corrected chi connectivity index (χ2v) is 8.13. The van der Waals surface area contributed by atoms with E-state index >= 15 is 0 Å². The Morgan fingerprint density at radius 3 is 2.32 bits per heavy atom. The average Bonchev–Trinajstić information content (AvgIpc) is 2.70. The van der Waals surface area contributed by atoms with E-state index in [1.807, 2.05) is 41.3 Å². The summed E-state index contributed by atoms with van der Waals surface area (Å²) in [7, 11) is 3.26. The van der Waals surface area contributed by atoms with Gasteiger partial charge in [0.2, 0.25) is 0 Å². The minimum atomic E-state index is -0.190. The van der Waals surface area contributed by atoms with E-state index < -0.39 is 0 Å². The van der Waals surface area contributed by atoms with Gasteiger partial charge in [-0.05, 0) is 47.4 Å². The molecule has 0 spiro atoms. The van der Waals surface area contributed by atoms with Crippen molar-refractivity contribution < 1.29 is 14.3 Å². The van der Waals surface area contributed by atoms with Crippen LogP contribution in [0, 0.1) is 0 Å². The molecule has 0 unspecified atom stereocenters. The van der Waals surface area contributed by atoms with Crippen molar-refractivity contribution in [1.82, 2.24) is 10.2 Å². The van der Waals surface area contributed by atoms with Crippen LogP contribution in [0.15, 0.2) is 36.4 Å². The summed E-state index contributed by atoms with van der Waals surface area (Å²) in [6, 6.07) is 11.7. The molecular weight excluding hydrogens is 376 g/mol. The number of rotatable bonds is 5. The van der Waals surface area contributed by atoms with Gasteiger partial charge in [-0.2, -0.15) is 0 Å². The van der Waals surface area contributed by atoms with Crippen LogP contribution in [0.4, 0.5) is 4.79 Å². The summed E-state index contributed by atoms with van der Waals surface area (Å²) < 4.78 is 10.8. The predicted octanol–water partition coefficient (Wildman–Crippen LogP) is 4.40. The monoisotopic (exact) mass is 402 g/mol. The van der Waals surface area contributed by atoms with Crippen LogP contribution in [0.5, 0.6) is 11.5 Å². The Kier molecular flexibility index (Phi) is 6.04. The van der Waals surface area contributed by atoms with Crippen LogP contribution in [-0.4, -0.2) is 38.2 Å². The van der Waals surface area contributed by atoms with E-state index in [0.29, 0.717) is 30.4 Å². The summed E-state index contributed by atoms with van der Waals surface area (Å²) >= 11 is 5.98. The van der Waals surface area contributed by atoms with Gasteiger partial charge < -0.3 is 19.7 Å². The topological polar surface area (TPSA) is 50.8 Å². The van der Waals surface area contributed by atoms with Crippen LogP contribution >= 0.6 is 11.6 Å². The SMILES string of the molecule is COc1cc2c(cc1OC)CN(C(=O)NCC(C)(C)c1ccc(Cl)cc1)CC2. The molecule has 1 aliphatic rings. The second-order valence-electron chi connectivity index (χ2n) is 7.70. The van der Waals surface area contributed by atoms with Crippen molar-refractivity contribution in [3.05, 3.63) is 58.1 Å². The van der Waals surface area contributed by atoms with E-state index in [0.717, 1.165) is 23.3 Å². The predicted molar refractivity (Wildman–Crippen MR) is 112 cm³/mol. The van der Waals surface area contributed by atoms with Crippen LogP contribution in [0.1, 0.15) is 30.5 Å². The summed E-state index contributed by atoms with van der Waals surface area (Å²) in [5.74, 6) is 1.41. The number of nitrogens with one attached hydrogen (secondary N) is 1. The Hall–Kier alpha value is -2.40. The molecule has 150 valence electrons. The molecule has 2 amide bonds. The van der Waals surface area contributed by atoms with Gasteiger partial charge in [-0.1, -0.05) is 37.6 Å². The van der Waals surface area contributed by atoms with Crippen LogP contribution < -0.4 is 14.8 Å². The molecule has 28 heavy (non-hydrogen) atoms. The highest BCUT2D eigenvalue weighted by Gasteiger charge is 2.26. The highest BCUT2D eigenvalue weighted by Crippen LogP contribution is 2.33. The number of nitrogens with zero attached hydrogens (tertiary/aromatic N) is 1. The van der Waals surface area contributed by atoms with E-state index in [2.05, 4.69) is 19.2 Å². The van der Waals surface area contributed by atoms with E-state index in [1.54, 1.807) is 14.2 Å². The third-order valence-corrected chi connectivity index (χ3v) is 5.56. The summed E-state index contributed by atoms with van der Waals surface area (Å²) in [5, 5.41) is 3.80. The molecule has 2 aromatic carbocycles. The third kappa shape index (κ3) is 4.36. The number of hydrogen-bond donors (Lipinski definition) is 1. The van der Waals surface area contributed by atoms with E-state index in [4.69, 9.17) is 21.1 Å². The van der Waals surface area contributed by atoms with E-state index in [-0.39, 0.29) is 11.4 Å². The number of halogens is 1. The quantitative estimate of drug-likeness (QED) is 0.806. The maximum absolute atomic E-state index is 12.8. The smallest absolute Gasteiger partial charge is 0.317 e. The number of amides is 2. The first kappa shape index (κ1) is 20.3. The molecule has 1 aliphatic heterocycles. The summed E-state index contributed by atoms with van der Waals surface area (Å²) in [5.41, 5.74) is 3.24. The highest BCUT2D eigenvalue weighted by molar-refractivity contribution is 6.30. The number of hydrogen-bond acceptors (Lipinski definition) is 3. The zero-order valence-electron chi connectivity index (χ0n) is 16.8. The molecule has 0 aliphatic carbocycles. The largest absolute Gasteiger partial charge is 0.493 e. The Balaban J connectivity index is 1.65. The van der Waals surface area contributed by atoms with Crippen molar-refractivity contribution in [2.24, 2.45) is 0 Å². The number of benzene rings is 2. The highest BCUT2D eigenvalue weighted by atomic mass is 35.5. The number of carbonyl (C=O) groups is 1. The van der Waals surface area contributed by atoms with Gasteiger partial charge in [0.25, 0.3) is 0 Å². The van der Waals surface area contributed by atoms with E-state index in [9.17, 15) is 4.79 Å². The van der Waals surface area contributed by atoms with Crippen molar-refractivity contribution in [1.29, 1.82) is 0 Å². The average molecular weight is 403 g/mol. The van der Waals surface area contributed by atoms with Gasteiger partial charge in [0.1, 0.15) is 0 Å². The molecule has 0 fully saturated rings. The summed E-state index contributed by atoms with van der Waals surface area (Å²) in [6.45, 7) is 6.00. The van der Waals surface area contributed by atoms with Crippen molar-refractivity contribution in [3.8, 4) is 11.5 Å². The van der Waals surface area contributed by atoms with Gasteiger partial charge in [-0.3, -0.25) is 0 Å². The van der Waals surface area contributed by atoms with Gasteiger partial charge in [0.15, 0.2) is 11.5 Å². The molecular formula is C22H27ClN2O3. The summed E-state index contributed by atoms with van der Waals surface area (Å²) in [6.07, 6.45) is 0.795. The third-order valence-electron chi connectivity index (χ3n) is 5.31. The van der Waals surface area contributed by atoms with Crippen molar-refractivity contribution >= 4 is 17.6 Å². The van der Waals surface area contributed by atoms with E-state index in [1.165, 1.54) is 5.56 Å². The molecule has 0 aromatic heterocycles. The maximum atomic E-state index is 12.8. The Bertz CT molecular complexity index is 850. The standard InChI is InChI=1S/C22H27ClN2O3/c1-22(2,17-5-7-18(23)8-6-17)14-24-21(26)25-10-9-15-11-19(27-3)20(28-4)12-16(15)13-25/h5-8,11-12H,9-10,13-14H2,1-4H3,(H,24,26). The molecule has 0 bridgehead atoms. The Labute approximate surface area is 171 Å². The minimum Gasteiger partial charge on any atom is -0.493 e. The molecule has 0 saturated carbocycles. The Morgan fingerprint density at radius 2 is 1.71 bits per heavy atom. The number of methoxy groups -OCH3 is 2. The van der Waals surface area contributed by atoms with Gasteiger partial charge in [-0.15, -0.1) is 0 Å². The first-order valence-electron chi connectivity index (χ1n) is 9.36. The molecule has 0 saturated heterocycles. The summed E-state index contributed by atoms with van der Waals surface area (Å²) in [4.78, 5) is 14.6. The van der Waals surface area contributed by atoms with Gasteiger partial charge >= 0.3 is 6.03 Å². The van der Waals surface area contributed by atoms with Crippen molar-refractivity contribution in [2.45, 2.75) is 32.2 Å². The lowest BCUT2D eigenvalue weighted by molar-refractivity contribution is 0.190. The molecule has 1 heterocycles. The molecule has 1 N–H and O–H groups in total. The molecule has 0 atom stereocenters. The second kappa shape index (κ2) is 8.31. The molecule has 3 rings (SSSR count). The molecule has 6 heteroatoms. The van der Waals surface area contributed by atoms with Crippen molar-refractivity contribution in [2.75, 3.05) is 27.3 Å². The number of fused-ring (bicyclic) bond motifs is 1. The zero-order valence-corrected chi connectivity index (χ0v) is 17.6. The van der Waals surface area contributed by atoms with Crippen LogP contribution in [-0.2, 0) is 18.4 Å². The number of carbonyl (C=O) groups excluding carboxylic acids is 1. The molecule has 2 aromatic rings. The van der Waals surface area contributed by atoms with Gasteiger partial charge in [0.05, 0.1) is 14.2 Å².